The third-order valence-electron chi connectivity index (χ3n) is 3.94. The summed E-state index contributed by atoms with van der Waals surface area (Å²) in [6.07, 6.45) is 3.88. The van der Waals surface area contributed by atoms with E-state index in [4.69, 9.17) is 5.73 Å². The summed E-state index contributed by atoms with van der Waals surface area (Å²) in [4.78, 5) is 16.7. The largest absolute Gasteiger partial charge is 0.348 e. The van der Waals surface area contributed by atoms with E-state index in [1.54, 1.807) is 6.07 Å². The fourth-order valence-electron chi connectivity index (χ4n) is 2.72. The molecule has 1 aliphatic carbocycles. The van der Waals surface area contributed by atoms with Crippen LogP contribution in [0.1, 0.15) is 36.2 Å². The molecule has 4 heteroatoms. The normalized spacial score (nSPS) is 22.6. The van der Waals surface area contributed by atoms with E-state index in [0.717, 1.165) is 36.6 Å². The van der Waals surface area contributed by atoms with E-state index in [1.807, 2.05) is 30.3 Å². The first kappa shape index (κ1) is 13.1. The number of benzene rings is 1. The summed E-state index contributed by atoms with van der Waals surface area (Å²) in [7, 11) is 0. The van der Waals surface area contributed by atoms with Crippen molar-refractivity contribution in [2.45, 2.75) is 37.8 Å². The van der Waals surface area contributed by atoms with E-state index < -0.39 is 0 Å². The molecule has 3 N–H and O–H groups in total. The summed E-state index contributed by atoms with van der Waals surface area (Å²) in [5, 5.41) is 4.11. The van der Waals surface area contributed by atoms with Crippen molar-refractivity contribution in [2.24, 2.45) is 5.73 Å². The molecule has 0 spiro atoms. The van der Waals surface area contributed by atoms with Gasteiger partial charge < -0.3 is 11.1 Å². The maximum Gasteiger partial charge on any atom is 0.270 e. The molecule has 1 fully saturated rings. The van der Waals surface area contributed by atoms with Crippen molar-refractivity contribution in [2.75, 3.05) is 0 Å². The highest BCUT2D eigenvalue weighted by atomic mass is 16.1. The molecule has 0 aliphatic heterocycles. The van der Waals surface area contributed by atoms with Crippen LogP contribution < -0.4 is 11.1 Å². The lowest BCUT2D eigenvalue weighted by atomic mass is 9.92. The van der Waals surface area contributed by atoms with Crippen LogP contribution >= 0.6 is 0 Å². The number of nitrogens with two attached hydrogens (primary N) is 1. The first-order valence-electron chi connectivity index (χ1n) is 7.14. The summed E-state index contributed by atoms with van der Waals surface area (Å²) < 4.78 is 0. The highest BCUT2D eigenvalue weighted by molar-refractivity contribution is 5.95. The number of amides is 1. The Labute approximate surface area is 118 Å². The van der Waals surface area contributed by atoms with Gasteiger partial charge in [-0.2, -0.15) is 0 Å². The second-order valence-corrected chi connectivity index (χ2v) is 5.47. The van der Waals surface area contributed by atoms with Crippen LogP contribution in [0.15, 0.2) is 36.4 Å². The van der Waals surface area contributed by atoms with Gasteiger partial charge in [0.05, 0.1) is 5.52 Å². The van der Waals surface area contributed by atoms with Gasteiger partial charge in [-0.05, 0) is 37.8 Å². The average Bonchev–Trinajstić information content (AvgIpc) is 2.49. The van der Waals surface area contributed by atoms with Crippen molar-refractivity contribution in [3.05, 3.63) is 42.1 Å². The molecule has 0 saturated heterocycles. The maximum atomic E-state index is 12.2. The zero-order valence-electron chi connectivity index (χ0n) is 11.4. The highest BCUT2D eigenvalue weighted by Crippen LogP contribution is 2.18. The number of nitrogens with one attached hydrogen (secondary N) is 1. The van der Waals surface area contributed by atoms with Crippen LogP contribution in [-0.2, 0) is 0 Å². The molecule has 3 rings (SSSR count). The van der Waals surface area contributed by atoms with Crippen molar-refractivity contribution in [3.63, 3.8) is 0 Å². The number of rotatable bonds is 2. The zero-order valence-corrected chi connectivity index (χ0v) is 11.4. The van der Waals surface area contributed by atoms with Crippen molar-refractivity contribution in [1.82, 2.24) is 10.3 Å². The summed E-state index contributed by atoms with van der Waals surface area (Å²) >= 11 is 0. The minimum absolute atomic E-state index is 0.0868. The average molecular weight is 269 g/mol. The van der Waals surface area contributed by atoms with Gasteiger partial charge in [0.15, 0.2) is 0 Å². The van der Waals surface area contributed by atoms with E-state index in [1.165, 1.54) is 0 Å². The number of carbonyl (C=O) groups excluding carboxylic acids is 1. The lowest BCUT2D eigenvalue weighted by Gasteiger charge is -2.26. The predicted molar refractivity (Wildman–Crippen MR) is 79.4 cm³/mol. The third-order valence-corrected chi connectivity index (χ3v) is 3.94. The molecule has 0 bridgehead atoms. The molecule has 1 aromatic carbocycles. The van der Waals surface area contributed by atoms with Crippen LogP contribution in [0.5, 0.6) is 0 Å². The monoisotopic (exact) mass is 269 g/mol. The number of nitrogens with zero attached hydrogens (tertiary/aromatic N) is 1. The van der Waals surface area contributed by atoms with Gasteiger partial charge in [0.1, 0.15) is 5.69 Å². The highest BCUT2D eigenvalue weighted by Gasteiger charge is 2.21. The SMILES string of the molecule is NC1CCC(NC(=O)c2ccc3ccccc3n2)CC1. The molecular weight excluding hydrogens is 250 g/mol. The molecule has 20 heavy (non-hydrogen) atoms. The number of carbonyl (C=O) groups is 1. The fraction of sp³-hybridized carbons (Fsp3) is 0.375. The molecule has 0 unspecified atom stereocenters. The quantitative estimate of drug-likeness (QED) is 0.878. The van der Waals surface area contributed by atoms with Gasteiger partial charge in [-0.1, -0.05) is 24.3 Å². The Kier molecular flexibility index (Phi) is 3.65. The van der Waals surface area contributed by atoms with E-state index in [9.17, 15) is 4.79 Å². The fourth-order valence-corrected chi connectivity index (χ4v) is 2.72. The second kappa shape index (κ2) is 5.59. The van der Waals surface area contributed by atoms with Crippen LogP contribution in [0.3, 0.4) is 0 Å². The number of hydrogen-bond acceptors (Lipinski definition) is 3. The first-order chi connectivity index (χ1) is 9.72. The zero-order chi connectivity index (χ0) is 13.9. The number of fused-ring (bicyclic) bond motifs is 1. The molecule has 0 radical (unpaired) electrons. The van der Waals surface area contributed by atoms with Crippen molar-refractivity contribution in [3.8, 4) is 0 Å². The summed E-state index contributed by atoms with van der Waals surface area (Å²) in [6, 6.07) is 12.1. The minimum Gasteiger partial charge on any atom is -0.348 e. The molecule has 4 nitrogen and oxygen atoms in total. The number of para-hydroxylation sites is 1. The van der Waals surface area contributed by atoms with Gasteiger partial charge in [-0.15, -0.1) is 0 Å². The topological polar surface area (TPSA) is 68.0 Å². The van der Waals surface area contributed by atoms with Crippen LogP contribution in [0.2, 0.25) is 0 Å². The number of pyridine rings is 1. The Hall–Kier alpha value is -1.94. The Morgan fingerprint density at radius 3 is 2.65 bits per heavy atom. The third kappa shape index (κ3) is 2.80. The maximum absolute atomic E-state index is 12.2. The van der Waals surface area contributed by atoms with Crippen molar-refractivity contribution < 1.29 is 4.79 Å². The predicted octanol–water partition coefficient (Wildman–Crippen LogP) is 2.23. The lowest BCUT2D eigenvalue weighted by molar-refractivity contribution is 0.0921. The second-order valence-electron chi connectivity index (χ2n) is 5.47. The number of hydrogen-bond donors (Lipinski definition) is 2. The van der Waals surface area contributed by atoms with Crippen LogP contribution in [0.4, 0.5) is 0 Å². The summed E-state index contributed by atoms with van der Waals surface area (Å²) in [5.41, 5.74) is 7.21. The van der Waals surface area contributed by atoms with E-state index in [-0.39, 0.29) is 11.9 Å². The summed E-state index contributed by atoms with van der Waals surface area (Å²) in [5.74, 6) is -0.0868. The smallest absolute Gasteiger partial charge is 0.270 e. The molecule has 104 valence electrons. The van der Waals surface area contributed by atoms with Gasteiger partial charge in [0.25, 0.3) is 5.91 Å². The molecule has 1 aromatic heterocycles. The van der Waals surface area contributed by atoms with Crippen molar-refractivity contribution >= 4 is 16.8 Å². The van der Waals surface area contributed by atoms with Gasteiger partial charge >= 0.3 is 0 Å². The first-order valence-corrected chi connectivity index (χ1v) is 7.14. The summed E-state index contributed by atoms with van der Waals surface area (Å²) in [6.45, 7) is 0. The van der Waals surface area contributed by atoms with E-state index in [0.29, 0.717) is 11.7 Å². The lowest BCUT2D eigenvalue weighted by Crippen LogP contribution is -2.40. The molecule has 1 amide bonds. The molecule has 0 atom stereocenters. The molecule has 1 saturated carbocycles. The van der Waals surface area contributed by atoms with E-state index >= 15 is 0 Å². The Balaban J connectivity index is 1.72. The Bertz CT molecular complexity index is 618. The van der Waals surface area contributed by atoms with Gasteiger partial charge in [-0.3, -0.25) is 4.79 Å². The standard InChI is InChI=1S/C16H19N3O/c17-12-6-8-13(9-7-12)18-16(20)15-10-5-11-3-1-2-4-14(11)19-15/h1-5,10,12-13H,6-9,17H2,(H,18,20). The van der Waals surface area contributed by atoms with Crippen LogP contribution in [-0.4, -0.2) is 23.0 Å². The van der Waals surface area contributed by atoms with Crippen LogP contribution in [0, 0.1) is 0 Å². The molecular formula is C16H19N3O. The van der Waals surface area contributed by atoms with Gasteiger partial charge in [0, 0.05) is 17.5 Å². The van der Waals surface area contributed by atoms with Crippen molar-refractivity contribution in [1.29, 1.82) is 0 Å². The molecule has 1 aliphatic rings. The van der Waals surface area contributed by atoms with E-state index in [2.05, 4.69) is 10.3 Å². The Morgan fingerprint density at radius 1 is 1.10 bits per heavy atom. The Morgan fingerprint density at radius 2 is 1.85 bits per heavy atom. The molecule has 1 heterocycles. The van der Waals surface area contributed by atoms with Crippen LogP contribution in [0.25, 0.3) is 10.9 Å². The number of aromatic nitrogens is 1. The molecule has 2 aromatic rings. The van der Waals surface area contributed by atoms with Gasteiger partial charge in [0.2, 0.25) is 0 Å². The van der Waals surface area contributed by atoms with Gasteiger partial charge in [-0.25, -0.2) is 4.98 Å². The minimum atomic E-state index is -0.0868.